The van der Waals surface area contributed by atoms with Crippen LogP contribution in [0.1, 0.15) is 91.4 Å². The molecule has 9 fully saturated rings. The summed E-state index contributed by atoms with van der Waals surface area (Å²) in [6, 6.07) is 16.0. The first-order chi connectivity index (χ1) is 37.9. The summed E-state index contributed by atoms with van der Waals surface area (Å²) in [4.78, 5) is 77.3. The maximum atomic E-state index is 14.0. The normalized spacial score (nSPS) is 27.6. The van der Waals surface area contributed by atoms with E-state index in [0.29, 0.717) is 57.5 Å². The van der Waals surface area contributed by atoms with Crippen LogP contribution in [-0.2, 0) is 55.2 Å². The molecule has 8 saturated carbocycles. The van der Waals surface area contributed by atoms with E-state index in [2.05, 4.69) is 24.7 Å². The van der Waals surface area contributed by atoms with Crippen molar-refractivity contribution in [2.45, 2.75) is 109 Å². The number of alkyl halides is 4. The number of carbonyl (C=O) groups is 6. The zero-order valence-corrected chi connectivity index (χ0v) is 49.2. The molecule has 1 aromatic heterocycles. The van der Waals surface area contributed by atoms with E-state index in [9.17, 15) is 46.3 Å². The van der Waals surface area contributed by atoms with Gasteiger partial charge in [0.05, 0.1) is 0 Å². The molecule has 0 N–H and O–H groups in total. The number of methoxy groups -OCH3 is 1. The number of carbonyl (C=O) groups excluding carboxylic acids is 6. The molecule has 8 aliphatic carbocycles. The minimum atomic E-state index is -4.34. The summed E-state index contributed by atoms with van der Waals surface area (Å²) < 4.78 is 108. The molecule has 1 spiro atoms. The van der Waals surface area contributed by atoms with Crippen LogP contribution in [0.3, 0.4) is 0 Å². The second-order valence-electron chi connectivity index (χ2n) is 21.9. The summed E-state index contributed by atoms with van der Waals surface area (Å²) in [5.41, 5.74) is -0.515. The number of hydrogen-bond donors (Lipinski definition) is 0. The van der Waals surface area contributed by atoms with Gasteiger partial charge in [-0.05, 0) is 6.92 Å². The average Bonchev–Trinajstić information content (AvgIpc) is 3.95. The van der Waals surface area contributed by atoms with Crippen molar-refractivity contribution in [1.29, 1.82) is 0 Å². The molecule has 80 heavy (non-hydrogen) atoms. The molecule has 0 amide bonds. The van der Waals surface area contributed by atoms with Crippen molar-refractivity contribution >= 4 is 77.2 Å². The van der Waals surface area contributed by atoms with Crippen LogP contribution in [0.4, 0.5) is 22.4 Å². The summed E-state index contributed by atoms with van der Waals surface area (Å²) in [6.45, 7) is 12.4. The van der Waals surface area contributed by atoms with Crippen LogP contribution in [0.2, 0.25) is 0 Å². The van der Waals surface area contributed by atoms with Gasteiger partial charge in [-0.1, -0.05) is 6.58 Å². The van der Waals surface area contributed by atoms with Crippen molar-refractivity contribution in [3.63, 3.8) is 0 Å². The van der Waals surface area contributed by atoms with Crippen LogP contribution in [-0.4, -0.2) is 96.7 Å². The molecule has 9 aliphatic rings. The van der Waals surface area contributed by atoms with E-state index in [4.69, 9.17) is 35.9 Å². The Labute approximate surface area is 477 Å². The van der Waals surface area contributed by atoms with E-state index in [0.717, 1.165) is 22.8 Å². The third-order valence-electron chi connectivity index (χ3n) is 15.7. The molecule has 436 valence electrons. The molecule has 2 aromatic carbocycles. The standard InChI is InChI=1S/C25H27F4IO6.C22H27IO5.C10H12N2O4/c1-15(2)20(31)35-30(19-6-4-3-5-7-19)36-21(32)22-10-16-8-17(11-22)25(18(9-16)12-22)33-13-23(26,27)24(28,29)14-34-25;1-14(2)20(24)27-23(18-4-6-19(26-3)7-5-18)28-21(25)22-11-15-8-16(12-22)10-17(9-15)13-22;1-8(2)9(13)15-5-6-16-10(14)12-4-3-11-7-12/h3-7,16-18H,1,8-14H2,2H3;4-7,15-17H,1,8-13H2,2-3H3;3-4,7H,1,5-6H2,2H3. The summed E-state index contributed by atoms with van der Waals surface area (Å²) in [7, 11) is 1.60. The Morgan fingerprint density at radius 3 is 1.48 bits per heavy atom. The molecule has 17 nitrogen and oxygen atoms in total. The van der Waals surface area contributed by atoms with Gasteiger partial charge in [0.2, 0.25) is 0 Å². The summed E-state index contributed by atoms with van der Waals surface area (Å²) >= 11 is -6.17. The second-order valence-corrected chi connectivity index (χ2v) is 28.7. The number of nitrogens with zero attached hydrogens (tertiary/aromatic N) is 2. The molecular weight excluding hydrogens is 1280 g/mol. The van der Waals surface area contributed by atoms with Gasteiger partial charge >= 0.3 is 401 Å². The predicted molar refractivity (Wildman–Crippen MR) is 295 cm³/mol. The first-order valence-corrected chi connectivity index (χ1v) is 31.9. The molecule has 1 saturated heterocycles. The van der Waals surface area contributed by atoms with Crippen molar-refractivity contribution in [2.24, 2.45) is 46.3 Å². The van der Waals surface area contributed by atoms with Gasteiger partial charge < -0.3 is 9.47 Å². The molecule has 3 aromatic rings. The van der Waals surface area contributed by atoms with Crippen LogP contribution >= 0.6 is 41.3 Å². The van der Waals surface area contributed by atoms with E-state index in [-0.39, 0.29) is 48.9 Å². The van der Waals surface area contributed by atoms with Crippen LogP contribution < -0.4 is 4.74 Å². The number of rotatable bonds is 15. The van der Waals surface area contributed by atoms with E-state index < -0.39 is 119 Å². The minimum absolute atomic E-state index is 0.00394. The van der Waals surface area contributed by atoms with Crippen molar-refractivity contribution in [3.05, 3.63) is 117 Å². The van der Waals surface area contributed by atoms with Gasteiger partial charge in [-0.25, -0.2) is 19.1 Å². The molecule has 2 atom stereocenters. The fourth-order valence-electron chi connectivity index (χ4n) is 12.4. The van der Waals surface area contributed by atoms with Crippen molar-refractivity contribution in [1.82, 2.24) is 9.55 Å². The van der Waals surface area contributed by atoms with Crippen molar-refractivity contribution < 1.29 is 82.3 Å². The van der Waals surface area contributed by atoms with E-state index >= 15 is 0 Å². The average molecular weight is 1350 g/mol. The Kier molecular flexibility index (Phi) is 18.9. The number of imidazole rings is 1. The van der Waals surface area contributed by atoms with Crippen LogP contribution in [0.15, 0.2) is 110 Å². The van der Waals surface area contributed by atoms with Gasteiger partial charge in [0, 0.05) is 18.0 Å². The Morgan fingerprint density at radius 1 is 0.600 bits per heavy atom. The number of benzene rings is 2. The SMILES string of the molecule is C=C(C)C(=O)OCCOC(=O)n1ccnc1.C=C(C)C(=O)OI(OC(=O)C12CC3CC(C1)C1(OCC(F)(F)C(F)(F)CO1)C(C3)C2)c1ccccc1.C=C(C)C(=O)OI(OC(=O)C12CC3CC(CC(C3)C1)C2)c1ccc(OC)cc1. The first-order valence-electron chi connectivity index (χ1n) is 26.2. The van der Waals surface area contributed by atoms with E-state index in [1.54, 1.807) is 63.4 Å². The van der Waals surface area contributed by atoms with Gasteiger partial charge in [-0.2, -0.15) is 0 Å². The Morgan fingerprint density at radius 2 is 1.04 bits per heavy atom. The zero-order valence-electron chi connectivity index (χ0n) is 44.9. The third kappa shape index (κ3) is 13.6. The van der Waals surface area contributed by atoms with Gasteiger partial charge in [-0.15, -0.1) is 0 Å². The fourth-order valence-corrected chi connectivity index (χ4v) is 18.7. The van der Waals surface area contributed by atoms with E-state index in [1.807, 2.05) is 12.1 Å². The number of halogens is 6. The van der Waals surface area contributed by atoms with E-state index in [1.165, 1.54) is 49.5 Å². The van der Waals surface area contributed by atoms with Gasteiger partial charge in [0.25, 0.3) is 0 Å². The Hall–Kier alpha value is -5.41. The number of esters is 1. The van der Waals surface area contributed by atoms with Crippen molar-refractivity contribution in [3.8, 4) is 5.75 Å². The topological polar surface area (TPSA) is 203 Å². The monoisotopic (exact) mass is 1350 g/mol. The first kappa shape index (κ1) is 60.7. The second kappa shape index (κ2) is 25.0. The van der Waals surface area contributed by atoms with Crippen molar-refractivity contribution in [2.75, 3.05) is 33.5 Å². The molecule has 12 rings (SSSR count). The van der Waals surface area contributed by atoms with Gasteiger partial charge in [0.15, 0.2) is 0 Å². The molecular formula is C57H66F4I2N2O15. The Bertz CT molecular complexity index is 2740. The fraction of sp³-hybridized carbons (Fsp3) is 0.526. The molecule has 2 unspecified atom stereocenters. The Balaban J connectivity index is 0.000000170. The molecule has 2 heterocycles. The molecule has 23 heteroatoms. The number of aromatic nitrogens is 2. The van der Waals surface area contributed by atoms with Crippen LogP contribution in [0.25, 0.3) is 0 Å². The molecule has 1 aliphatic heterocycles. The van der Waals surface area contributed by atoms with Gasteiger partial charge in [-0.3, -0.25) is 0 Å². The third-order valence-corrected chi connectivity index (χ3v) is 22.4. The maximum absolute atomic E-state index is 14.0. The zero-order chi connectivity index (χ0) is 57.8. The summed E-state index contributed by atoms with van der Waals surface area (Å²) in [5, 5.41) is 0. The molecule has 0 radical (unpaired) electrons. The summed E-state index contributed by atoms with van der Waals surface area (Å²) in [5.74, 6) is -10.8. The summed E-state index contributed by atoms with van der Waals surface area (Å²) in [6.07, 6.45) is 12.3. The number of ether oxygens (including phenoxy) is 5. The van der Waals surface area contributed by atoms with Gasteiger partial charge in [0.1, 0.15) is 19.5 Å². The van der Waals surface area contributed by atoms with Crippen LogP contribution in [0.5, 0.6) is 5.75 Å². The van der Waals surface area contributed by atoms with Crippen LogP contribution in [0, 0.1) is 53.5 Å². The quantitative estimate of drug-likeness (QED) is 0.0456. The predicted octanol–water partition coefficient (Wildman–Crippen LogP) is 11.8. The molecule has 8 bridgehead atoms. The number of hydrogen-bond acceptors (Lipinski definition) is 16.